The van der Waals surface area contributed by atoms with Gasteiger partial charge in [-0.2, -0.15) is 13.2 Å². The minimum absolute atomic E-state index is 0.0207. The molecule has 3 rings (SSSR count). The summed E-state index contributed by atoms with van der Waals surface area (Å²) in [6, 6.07) is 8.76. The summed E-state index contributed by atoms with van der Waals surface area (Å²) < 4.78 is 41.7. The Kier molecular flexibility index (Phi) is 4.99. The lowest BCUT2D eigenvalue weighted by atomic mass is 9.86. The fourth-order valence-electron chi connectivity index (χ4n) is 2.85. The maximum atomic E-state index is 13.9. The smallest absolute Gasteiger partial charge is 0.411 e. The summed E-state index contributed by atoms with van der Waals surface area (Å²) in [4.78, 5) is 15.3. The second-order valence-corrected chi connectivity index (χ2v) is 6.35. The fraction of sp³-hybridized carbons (Fsp3) is 0.176. The quantitative estimate of drug-likeness (QED) is 0.342. The van der Waals surface area contributed by atoms with Crippen LogP contribution in [0.4, 0.5) is 18.9 Å². The van der Waals surface area contributed by atoms with E-state index in [2.05, 4.69) is 10.3 Å². The van der Waals surface area contributed by atoms with Crippen molar-refractivity contribution in [3.8, 4) is 0 Å². The maximum absolute atomic E-state index is 13.9. The second kappa shape index (κ2) is 7.12. The lowest BCUT2D eigenvalue weighted by molar-refractivity contribution is -0.385. The van der Waals surface area contributed by atoms with Crippen molar-refractivity contribution in [1.82, 2.24) is 0 Å². The molecule has 0 saturated carbocycles. The Morgan fingerprint density at radius 1 is 1.32 bits per heavy atom. The van der Waals surface area contributed by atoms with E-state index in [4.69, 9.17) is 21.6 Å². The number of nitrogens with zero attached hydrogens (tertiary/aromatic N) is 3. The molecule has 0 bridgehead atoms. The molecule has 0 aliphatic carbocycles. The molecule has 1 atom stereocenters. The standard InChI is InChI=1S/C17H11ClF3N3O4/c18-13-3-1-2-12(7-13)16(17(19,20)21)8-14(23-28-16)10-4-5-11(9-22-25)15(6-10)24(26)27/h1-7,9,25H,8H2/b22-9+. The Bertz CT molecular complexity index is 994. The molecule has 1 aliphatic heterocycles. The molecular formula is C17H11ClF3N3O4. The number of oxime groups is 2. The molecule has 146 valence electrons. The Morgan fingerprint density at radius 3 is 2.68 bits per heavy atom. The Balaban J connectivity index is 2.03. The van der Waals surface area contributed by atoms with Crippen LogP contribution in [0.5, 0.6) is 0 Å². The van der Waals surface area contributed by atoms with Gasteiger partial charge in [-0.15, -0.1) is 0 Å². The summed E-state index contributed by atoms with van der Waals surface area (Å²) in [6.45, 7) is 0. The molecule has 0 amide bonds. The van der Waals surface area contributed by atoms with Gasteiger partial charge in [-0.05, 0) is 18.2 Å². The number of hydrogen-bond acceptors (Lipinski definition) is 6. The average molecular weight is 414 g/mol. The Morgan fingerprint density at radius 2 is 2.07 bits per heavy atom. The predicted molar refractivity (Wildman–Crippen MR) is 93.9 cm³/mol. The van der Waals surface area contributed by atoms with Gasteiger partial charge in [0.15, 0.2) is 0 Å². The minimum atomic E-state index is -4.82. The molecule has 0 fully saturated rings. The molecular weight excluding hydrogens is 403 g/mol. The van der Waals surface area contributed by atoms with Crippen molar-refractivity contribution in [2.75, 3.05) is 0 Å². The van der Waals surface area contributed by atoms with E-state index in [1.807, 2.05) is 0 Å². The topological polar surface area (TPSA) is 97.3 Å². The third-order valence-corrected chi connectivity index (χ3v) is 4.47. The van der Waals surface area contributed by atoms with E-state index in [9.17, 15) is 23.3 Å². The van der Waals surface area contributed by atoms with Gasteiger partial charge in [0.05, 0.1) is 22.4 Å². The van der Waals surface area contributed by atoms with Gasteiger partial charge in [0.1, 0.15) is 0 Å². The zero-order valence-corrected chi connectivity index (χ0v) is 14.6. The SMILES string of the molecule is O=[N+]([O-])c1cc(C2=NOC(c3cccc(Cl)c3)(C(F)(F)F)C2)ccc1/C=N/O. The van der Waals surface area contributed by atoms with Crippen LogP contribution in [-0.4, -0.2) is 28.2 Å². The zero-order valence-electron chi connectivity index (χ0n) is 13.9. The van der Waals surface area contributed by atoms with E-state index >= 15 is 0 Å². The number of alkyl halides is 3. The molecule has 28 heavy (non-hydrogen) atoms. The molecule has 11 heteroatoms. The molecule has 0 spiro atoms. The molecule has 7 nitrogen and oxygen atoms in total. The van der Waals surface area contributed by atoms with Crippen LogP contribution < -0.4 is 0 Å². The van der Waals surface area contributed by atoms with E-state index < -0.39 is 28.8 Å². The summed E-state index contributed by atoms with van der Waals surface area (Å²) in [5, 5.41) is 26.2. The minimum Gasteiger partial charge on any atom is -0.411 e. The van der Waals surface area contributed by atoms with Gasteiger partial charge < -0.3 is 10.0 Å². The molecule has 0 saturated heterocycles. The van der Waals surface area contributed by atoms with Gasteiger partial charge in [0, 0.05) is 28.6 Å². The summed E-state index contributed by atoms with van der Waals surface area (Å²) in [5.74, 6) is 0. The van der Waals surface area contributed by atoms with Crippen molar-refractivity contribution in [1.29, 1.82) is 0 Å². The number of nitro groups is 1. The Labute approximate surface area is 160 Å². The second-order valence-electron chi connectivity index (χ2n) is 5.92. The monoisotopic (exact) mass is 413 g/mol. The van der Waals surface area contributed by atoms with E-state index in [0.717, 1.165) is 18.3 Å². The lowest BCUT2D eigenvalue weighted by Gasteiger charge is -2.29. The van der Waals surface area contributed by atoms with Crippen LogP contribution in [0.3, 0.4) is 0 Å². The van der Waals surface area contributed by atoms with Crippen LogP contribution >= 0.6 is 11.6 Å². The van der Waals surface area contributed by atoms with Crippen LogP contribution in [0, 0.1) is 10.1 Å². The molecule has 1 N–H and O–H groups in total. The van der Waals surface area contributed by atoms with Gasteiger partial charge in [0.25, 0.3) is 11.3 Å². The van der Waals surface area contributed by atoms with Gasteiger partial charge in [0.2, 0.25) is 0 Å². The highest BCUT2D eigenvalue weighted by molar-refractivity contribution is 6.30. The highest BCUT2D eigenvalue weighted by Gasteiger charge is 2.62. The summed E-state index contributed by atoms with van der Waals surface area (Å²) in [7, 11) is 0. The van der Waals surface area contributed by atoms with Crippen molar-refractivity contribution < 1.29 is 28.1 Å². The van der Waals surface area contributed by atoms with Crippen molar-refractivity contribution in [3.05, 3.63) is 74.3 Å². The van der Waals surface area contributed by atoms with Crippen molar-refractivity contribution in [2.45, 2.75) is 18.2 Å². The number of rotatable bonds is 4. The highest BCUT2D eigenvalue weighted by Crippen LogP contribution is 2.49. The first-order valence-electron chi connectivity index (χ1n) is 7.72. The van der Waals surface area contributed by atoms with Crippen molar-refractivity contribution in [3.63, 3.8) is 0 Å². The molecule has 1 unspecified atom stereocenters. The normalized spacial score (nSPS) is 19.5. The van der Waals surface area contributed by atoms with E-state index in [1.165, 1.54) is 30.3 Å². The lowest BCUT2D eigenvalue weighted by Crippen LogP contribution is -2.42. The van der Waals surface area contributed by atoms with E-state index in [0.29, 0.717) is 0 Å². The largest absolute Gasteiger partial charge is 0.435 e. The van der Waals surface area contributed by atoms with Gasteiger partial charge in [-0.25, -0.2) is 0 Å². The number of benzene rings is 2. The van der Waals surface area contributed by atoms with Gasteiger partial charge in [-0.3, -0.25) is 10.1 Å². The van der Waals surface area contributed by atoms with Crippen LogP contribution in [0.1, 0.15) is 23.1 Å². The molecule has 2 aromatic rings. The number of hydrogen-bond donors (Lipinski definition) is 1. The number of halogens is 4. The van der Waals surface area contributed by atoms with E-state index in [1.54, 1.807) is 0 Å². The average Bonchev–Trinajstić information content (AvgIpc) is 3.09. The van der Waals surface area contributed by atoms with Gasteiger partial charge in [-0.1, -0.05) is 40.1 Å². The third-order valence-electron chi connectivity index (χ3n) is 4.23. The summed E-state index contributed by atoms with van der Waals surface area (Å²) in [5.41, 5.74) is -3.50. The highest BCUT2D eigenvalue weighted by atomic mass is 35.5. The first-order valence-corrected chi connectivity index (χ1v) is 8.10. The van der Waals surface area contributed by atoms with Crippen LogP contribution in [0.2, 0.25) is 5.02 Å². The summed E-state index contributed by atoms with van der Waals surface area (Å²) in [6.07, 6.45) is -4.67. The molecule has 0 aromatic heterocycles. The van der Waals surface area contributed by atoms with Crippen LogP contribution in [-0.2, 0) is 10.4 Å². The Hall–Kier alpha value is -3.14. The fourth-order valence-corrected chi connectivity index (χ4v) is 3.04. The third kappa shape index (κ3) is 3.38. The molecule has 1 aliphatic rings. The first-order chi connectivity index (χ1) is 13.2. The van der Waals surface area contributed by atoms with E-state index in [-0.39, 0.29) is 27.4 Å². The molecule has 1 heterocycles. The zero-order chi connectivity index (χ0) is 20.5. The predicted octanol–water partition coefficient (Wildman–Crippen LogP) is 4.64. The van der Waals surface area contributed by atoms with Crippen LogP contribution in [0.25, 0.3) is 0 Å². The van der Waals surface area contributed by atoms with Crippen molar-refractivity contribution >= 4 is 29.2 Å². The number of nitro benzene ring substituents is 1. The van der Waals surface area contributed by atoms with Crippen molar-refractivity contribution in [2.24, 2.45) is 10.3 Å². The summed E-state index contributed by atoms with van der Waals surface area (Å²) >= 11 is 5.82. The first kappa shape index (κ1) is 19.6. The molecule has 2 aromatic carbocycles. The van der Waals surface area contributed by atoms with Gasteiger partial charge >= 0.3 is 6.18 Å². The molecule has 0 radical (unpaired) electrons. The van der Waals surface area contributed by atoms with Crippen LogP contribution in [0.15, 0.2) is 52.8 Å². The maximum Gasteiger partial charge on any atom is 0.435 e.